The van der Waals surface area contributed by atoms with Crippen molar-refractivity contribution < 1.29 is 19.0 Å². The fourth-order valence-corrected chi connectivity index (χ4v) is 4.22. The number of rotatable bonds is 8. The molecular weight excluding hydrogens is 436 g/mol. The molecule has 9 nitrogen and oxygen atoms in total. The third kappa shape index (κ3) is 4.93. The van der Waals surface area contributed by atoms with E-state index in [9.17, 15) is 9.59 Å². The van der Waals surface area contributed by atoms with Gasteiger partial charge in [0.2, 0.25) is 5.91 Å². The first-order chi connectivity index (χ1) is 16.5. The Balaban J connectivity index is 1.32. The fraction of sp³-hybridized carbons (Fsp3) is 0.400. The number of methoxy groups -OCH3 is 3. The number of fused-ring (bicyclic) bond motifs is 1. The van der Waals surface area contributed by atoms with Crippen LogP contribution in [0.4, 0.5) is 5.69 Å². The van der Waals surface area contributed by atoms with Crippen LogP contribution in [-0.2, 0) is 11.3 Å². The number of aromatic nitrogens is 2. The first kappa shape index (κ1) is 23.4. The highest BCUT2D eigenvalue weighted by Gasteiger charge is 2.21. The van der Waals surface area contributed by atoms with E-state index < -0.39 is 0 Å². The smallest absolute Gasteiger partial charge is 0.261 e. The lowest BCUT2D eigenvalue weighted by Crippen LogP contribution is -2.48. The van der Waals surface area contributed by atoms with E-state index in [1.165, 1.54) is 13.4 Å². The number of amides is 1. The van der Waals surface area contributed by atoms with E-state index in [1.54, 1.807) is 30.9 Å². The van der Waals surface area contributed by atoms with Gasteiger partial charge < -0.3 is 24.0 Å². The Morgan fingerprint density at radius 2 is 1.71 bits per heavy atom. The van der Waals surface area contributed by atoms with Crippen molar-refractivity contribution in [1.29, 1.82) is 0 Å². The molecule has 0 unspecified atom stereocenters. The van der Waals surface area contributed by atoms with Gasteiger partial charge in [0.1, 0.15) is 5.75 Å². The van der Waals surface area contributed by atoms with Gasteiger partial charge >= 0.3 is 0 Å². The molecule has 2 aromatic carbocycles. The van der Waals surface area contributed by atoms with Gasteiger partial charge in [0.25, 0.3) is 5.56 Å². The van der Waals surface area contributed by atoms with Gasteiger partial charge in [-0.25, -0.2) is 4.98 Å². The summed E-state index contributed by atoms with van der Waals surface area (Å²) in [6, 6.07) is 11.3. The second-order valence-corrected chi connectivity index (χ2v) is 8.14. The summed E-state index contributed by atoms with van der Waals surface area (Å²) in [4.78, 5) is 34.2. The molecule has 4 rings (SSSR count). The van der Waals surface area contributed by atoms with Crippen LogP contribution in [0, 0.1) is 0 Å². The van der Waals surface area contributed by atoms with Gasteiger partial charge in [0.15, 0.2) is 11.5 Å². The molecule has 0 saturated carbocycles. The highest BCUT2D eigenvalue weighted by molar-refractivity contribution is 5.81. The van der Waals surface area contributed by atoms with Crippen molar-refractivity contribution in [2.24, 2.45) is 0 Å². The minimum atomic E-state index is -0.162. The number of piperazine rings is 1. The molecule has 1 aliphatic heterocycles. The van der Waals surface area contributed by atoms with Gasteiger partial charge in [-0.1, -0.05) is 6.07 Å². The number of carbonyl (C=O) groups excluding carboxylic acids is 1. The normalized spacial score (nSPS) is 13.7. The zero-order chi connectivity index (χ0) is 24.1. The van der Waals surface area contributed by atoms with Gasteiger partial charge in [-0.15, -0.1) is 0 Å². The predicted octanol–water partition coefficient (Wildman–Crippen LogP) is 2.55. The summed E-state index contributed by atoms with van der Waals surface area (Å²) < 4.78 is 17.4. The lowest BCUT2D eigenvalue weighted by atomic mass is 10.2. The van der Waals surface area contributed by atoms with Gasteiger partial charge in [-0.05, 0) is 24.6 Å². The summed E-state index contributed by atoms with van der Waals surface area (Å²) in [7, 11) is 4.73. The minimum absolute atomic E-state index is 0.110. The summed E-state index contributed by atoms with van der Waals surface area (Å²) in [5.74, 6) is 1.94. The molecule has 180 valence electrons. The van der Waals surface area contributed by atoms with Crippen LogP contribution in [0.15, 0.2) is 47.5 Å². The number of carbonyl (C=O) groups is 1. The molecule has 2 heterocycles. The van der Waals surface area contributed by atoms with E-state index in [-0.39, 0.29) is 11.5 Å². The first-order valence-electron chi connectivity index (χ1n) is 11.3. The second-order valence-electron chi connectivity index (χ2n) is 8.14. The first-order valence-corrected chi connectivity index (χ1v) is 11.3. The molecule has 0 aliphatic carbocycles. The average molecular weight is 467 g/mol. The van der Waals surface area contributed by atoms with E-state index in [2.05, 4.69) is 16.0 Å². The maximum absolute atomic E-state index is 12.9. The summed E-state index contributed by atoms with van der Waals surface area (Å²) in [6.45, 7) is 3.33. The maximum Gasteiger partial charge on any atom is 0.261 e. The van der Waals surface area contributed by atoms with Crippen molar-refractivity contribution >= 4 is 22.5 Å². The summed E-state index contributed by atoms with van der Waals surface area (Å²) in [6.07, 6.45) is 2.47. The van der Waals surface area contributed by atoms with Crippen molar-refractivity contribution in [1.82, 2.24) is 14.5 Å². The van der Waals surface area contributed by atoms with Crippen LogP contribution in [0.1, 0.15) is 12.8 Å². The Hall–Kier alpha value is -3.75. The van der Waals surface area contributed by atoms with Crippen LogP contribution in [0.5, 0.6) is 17.2 Å². The molecule has 1 amide bonds. The number of hydrogen-bond acceptors (Lipinski definition) is 7. The quantitative estimate of drug-likeness (QED) is 0.504. The summed E-state index contributed by atoms with van der Waals surface area (Å²) >= 11 is 0. The van der Waals surface area contributed by atoms with E-state index in [0.29, 0.717) is 54.9 Å². The Morgan fingerprint density at radius 3 is 2.41 bits per heavy atom. The van der Waals surface area contributed by atoms with Gasteiger partial charge in [-0.3, -0.25) is 14.2 Å². The highest BCUT2D eigenvalue weighted by atomic mass is 16.5. The lowest BCUT2D eigenvalue weighted by molar-refractivity contribution is -0.131. The standard InChI is InChI=1S/C25H30N4O5/c1-32-19-7-4-6-18(14-19)27-10-12-28(13-11-27)24(30)8-5-9-29-17-26-21-16-23(34-3)22(33-2)15-20(21)25(29)31/h4,6-7,14-17H,5,8-13H2,1-3H3. The molecule has 0 atom stereocenters. The highest BCUT2D eigenvalue weighted by Crippen LogP contribution is 2.29. The zero-order valence-electron chi connectivity index (χ0n) is 19.8. The maximum atomic E-state index is 12.9. The summed E-state index contributed by atoms with van der Waals surface area (Å²) in [5, 5.41) is 0.458. The topological polar surface area (TPSA) is 86.1 Å². The van der Waals surface area contributed by atoms with Crippen molar-refractivity contribution in [2.45, 2.75) is 19.4 Å². The third-order valence-corrected chi connectivity index (χ3v) is 6.17. The van der Waals surface area contributed by atoms with Crippen LogP contribution in [0.2, 0.25) is 0 Å². The molecular formula is C25H30N4O5. The van der Waals surface area contributed by atoms with Crippen LogP contribution in [0.25, 0.3) is 10.9 Å². The minimum Gasteiger partial charge on any atom is -0.497 e. The fourth-order valence-electron chi connectivity index (χ4n) is 4.22. The lowest BCUT2D eigenvalue weighted by Gasteiger charge is -2.36. The third-order valence-electron chi connectivity index (χ3n) is 6.17. The molecule has 9 heteroatoms. The van der Waals surface area contributed by atoms with Crippen molar-refractivity contribution in [3.63, 3.8) is 0 Å². The summed E-state index contributed by atoms with van der Waals surface area (Å²) in [5.41, 5.74) is 1.48. The molecule has 0 bridgehead atoms. The number of hydrogen-bond donors (Lipinski definition) is 0. The number of aryl methyl sites for hydroxylation is 1. The van der Waals surface area contributed by atoms with E-state index in [0.717, 1.165) is 24.5 Å². The van der Waals surface area contributed by atoms with Gasteiger partial charge in [0.05, 0.1) is 38.6 Å². The predicted molar refractivity (Wildman–Crippen MR) is 130 cm³/mol. The Morgan fingerprint density at radius 1 is 0.971 bits per heavy atom. The molecule has 0 radical (unpaired) electrons. The number of benzene rings is 2. The number of anilines is 1. The van der Waals surface area contributed by atoms with Crippen LogP contribution in [0.3, 0.4) is 0 Å². The van der Waals surface area contributed by atoms with Crippen LogP contribution in [-0.4, -0.2) is 67.9 Å². The SMILES string of the molecule is COc1cccc(N2CCN(C(=O)CCCn3cnc4cc(OC)c(OC)cc4c3=O)CC2)c1. The number of nitrogens with zero attached hydrogens (tertiary/aromatic N) is 4. The molecule has 1 saturated heterocycles. The van der Waals surface area contributed by atoms with Gasteiger partial charge in [0, 0.05) is 57.0 Å². The molecule has 1 aromatic heterocycles. The molecule has 1 aliphatic rings. The van der Waals surface area contributed by atoms with Crippen molar-refractivity contribution in [3.8, 4) is 17.2 Å². The Kier molecular flexibility index (Phi) is 7.20. The van der Waals surface area contributed by atoms with Crippen molar-refractivity contribution in [3.05, 3.63) is 53.1 Å². The Bertz CT molecular complexity index is 1220. The van der Waals surface area contributed by atoms with Crippen molar-refractivity contribution in [2.75, 3.05) is 52.4 Å². The van der Waals surface area contributed by atoms with E-state index >= 15 is 0 Å². The monoisotopic (exact) mass is 466 g/mol. The molecule has 0 spiro atoms. The largest absolute Gasteiger partial charge is 0.497 e. The average Bonchev–Trinajstić information content (AvgIpc) is 2.89. The second kappa shape index (κ2) is 10.5. The van der Waals surface area contributed by atoms with Crippen LogP contribution < -0.4 is 24.7 Å². The zero-order valence-corrected chi connectivity index (χ0v) is 19.8. The molecule has 0 N–H and O–H groups in total. The molecule has 34 heavy (non-hydrogen) atoms. The molecule has 3 aromatic rings. The van der Waals surface area contributed by atoms with E-state index in [1.807, 2.05) is 23.1 Å². The van der Waals surface area contributed by atoms with Gasteiger partial charge in [-0.2, -0.15) is 0 Å². The van der Waals surface area contributed by atoms with Crippen LogP contribution >= 0.6 is 0 Å². The molecule has 1 fully saturated rings. The number of ether oxygens (including phenoxy) is 3. The van der Waals surface area contributed by atoms with E-state index in [4.69, 9.17) is 14.2 Å². The Labute approximate surface area is 198 Å².